The van der Waals surface area contributed by atoms with Gasteiger partial charge in [-0.2, -0.15) is 0 Å². The molecule has 0 atom stereocenters. The van der Waals surface area contributed by atoms with Crippen molar-refractivity contribution in [3.8, 4) is 0 Å². The van der Waals surface area contributed by atoms with Crippen molar-refractivity contribution in [2.75, 3.05) is 22.4 Å². The lowest BCUT2D eigenvalue weighted by molar-refractivity contribution is -0.114. The Kier molecular flexibility index (Phi) is 5.81. The zero-order valence-electron chi connectivity index (χ0n) is 16.7. The molecule has 9 heteroatoms. The second kappa shape index (κ2) is 8.00. The number of nitrogens with one attached hydrogen (secondary N) is 1. The van der Waals surface area contributed by atoms with Crippen molar-refractivity contribution in [1.82, 2.24) is 4.57 Å². The van der Waals surface area contributed by atoms with Crippen molar-refractivity contribution in [2.45, 2.75) is 27.3 Å². The number of amides is 1. The van der Waals surface area contributed by atoms with Gasteiger partial charge in [-0.25, -0.2) is 8.42 Å². The SMILES string of the molecule is CCn1c(=O)sc2cc(NC(=O)CN(c3c(C)cccc3C)S(C)(=O)=O)ccc21. The first-order valence-corrected chi connectivity index (χ1v) is 11.8. The van der Waals surface area contributed by atoms with Gasteiger partial charge in [-0.3, -0.25) is 18.5 Å². The molecule has 0 saturated heterocycles. The van der Waals surface area contributed by atoms with Gasteiger partial charge in [-0.1, -0.05) is 29.5 Å². The van der Waals surface area contributed by atoms with Crippen LogP contribution in [0, 0.1) is 13.8 Å². The van der Waals surface area contributed by atoms with Crippen LogP contribution in [0.4, 0.5) is 11.4 Å². The number of aromatic nitrogens is 1. The summed E-state index contributed by atoms with van der Waals surface area (Å²) in [7, 11) is -3.66. The number of rotatable bonds is 6. The van der Waals surface area contributed by atoms with E-state index in [9.17, 15) is 18.0 Å². The van der Waals surface area contributed by atoms with E-state index < -0.39 is 15.9 Å². The Bertz CT molecular complexity index is 1220. The Hall–Kier alpha value is -2.65. The first kappa shape index (κ1) is 21.1. The molecule has 0 aliphatic carbocycles. The molecule has 1 N–H and O–H groups in total. The summed E-state index contributed by atoms with van der Waals surface area (Å²) in [6, 6.07) is 10.7. The number of carbonyl (C=O) groups is 1. The topological polar surface area (TPSA) is 88.5 Å². The van der Waals surface area contributed by atoms with Crippen molar-refractivity contribution < 1.29 is 13.2 Å². The molecule has 0 aliphatic rings. The lowest BCUT2D eigenvalue weighted by Gasteiger charge is -2.25. The van der Waals surface area contributed by atoms with Crippen LogP contribution < -0.4 is 14.5 Å². The van der Waals surface area contributed by atoms with Gasteiger partial charge in [-0.15, -0.1) is 0 Å². The van der Waals surface area contributed by atoms with E-state index in [1.54, 1.807) is 22.8 Å². The minimum absolute atomic E-state index is 0.0516. The Morgan fingerprint density at radius 2 is 1.83 bits per heavy atom. The average molecular weight is 434 g/mol. The first-order chi connectivity index (χ1) is 13.6. The molecule has 0 spiro atoms. The molecule has 2 aromatic carbocycles. The third-order valence-corrected chi connectivity index (χ3v) is 6.70. The smallest absolute Gasteiger partial charge is 0.308 e. The van der Waals surface area contributed by atoms with E-state index in [1.165, 1.54) is 0 Å². The van der Waals surface area contributed by atoms with Gasteiger partial charge in [0.05, 0.1) is 22.2 Å². The lowest BCUT2D eigenvalue weighted by atomic mass is 10.1. The van der Waals surface area contributed by atoms with Crippen molar-refractivity contribution >= 4 is 48.9 Å². The number of hydrogen-bond acceptors (Lipinski definition) is 5. The van der Waals surface area contributed by atoms with Crippen LogP contribution >= 0.6 is 11.3 Å². The van der Waals surface area contributed by atoms with E-state index in [-0.39, 0.29) is 11.4 Å². The van der Waals surface area contributed by atoms with Crippen LogP contribution in [0.1, 0.15) is 18.1 Å². The van der Waals surface area contributed by atoms with Crippen LogP contribution in [0.2, 0.25) is 0 Å². The molecular weight excluding hydrogens is 410 g/mol. The highest BCUT2D eigenvalue weighted by Crippen LogP contribution is 2.27. The molecule has 7 nitrogen and oxygen atoms in total. The number of aryl methyl sites for hydroxylation is 3. The average Bonchev–Trinajstić information content (AvgIpc) is 2.94. The monoisotopic (exact) mass is 433 g/mol. The minimum Gasteiger partial charge on any atom is -0.324 e. The van der Waals surface area contributed by atoms with Gasteiger partial charge in [-0.05, 0) is 50.1 Å². The standard InChI is InChI=1S/C20H23N3O4S2/c1-5-22-16-10-9-15(11-17(16)28-20(22)25)21-18(24)12-23(29(4,26)27)19-13(2)7-6-8-14(19)3/h6-11H,5,12H2,1-4H3,(H,21,24). The van der Waals surface area contributed by atoms with Crippen LogP contribution in [0.5, 0.6) is 0 Å². The van der Waals surface area contributed by atoms with Crippen LogP contribution in [0.15, 0.2) is 41.2 Å². The molecule has 0 bridgehead atoms. The predicted molar refractivity (Wildman–Crippen MR) is 118 cm³/mol. The van der Waals surface area contributed by atoms with Gasteiger partial charge in [0, 0.05) is 12.2 Å². The summed E-state index contributed by atoms with van der Waals surface area (Å²) < 4.78 is 28.3. The van der Waals surface area contributed by atoms with Crippen LogP contribution in [0.25, 0.3) is 10.2 Å². The van der Waals surface area contributed by atoms with Crippen molar-refractivity contribution in [1.29, 1.82) is 0 Å². The van der Waals surface area contributed by atoms with E-state index >= 15 is 0 Å². The highest BCUT2D eigenvalue weighted by Gasteiger charge is 2.24. The highest BCUT2D eigenvalue weighted by atomic mass is 32.2. The van der Waals surface area contributed by atoms with Gasteiger partial charge in [0.25, 0.3) is 0 Å². The second-order valence-corrected chi connectivity index (χ2v) is 9.75. The third-order valence-electron chi connectivity index (χ3n) is 4.64. The fraction of sp³-hybridized carbons (Fsp3) is 0.300. The number of benzene rings is 2. The minimum atomic E-state index is -3.66. The van der Waals surface area contributed by atoms with Crippen LogP contribution in [0.3, 0.4) is 0 Å². The maximum Gasteiger partial charge on any atom is 0.308 e. The third kappa shape index (κ3) is 4.35. The summed E-state index contributed by atoms with van der Waals surface area (Å²) in [5.74, 6) is -0.459. The molecule has 3 rings (SSSR count). The van der Waals surface area contributed by atoms with Gasteiger partial charge in [0.1, 0.15) is 6.54 Å². The molecule has 0 saturated carbocycles. The number of para-hydroxylation sites is 1. The van der Waals surface area contributed by atoms with E-state index in [2.05, 4.69) is 5.32 Å². The molecule has 1 amide bonds. The molecule has 0 radical (unpaired) electrons. The Morgan fingerprint density at radius 3 is 2.41 bits per heavy atom. The summed E-state index contributed by atoms with van der Waals surface area (Å²) in [4.78, 5) is 24.6. The molecule has 1 heterocycles. The summed E-state index contributed by atoms with van der Waals surface area (Å²) in [6.07, 6.45) is 1.09. The predicted octanol–water partition coefficient (Wildman–Crippen LogP) is 3.10. The lowest BCUT2D eigenvalue weighted by Crippen LogP contribution is -2.38. The number of fused-ring (bicyclic) bond motifs is 1. The van der Waals surface area contributed by atoms with Crippen LogP contribution in [-0.4, -0.2) is 31.7 Å². The maximum atomic E-state index is 12.6. The molecule has 0 unspecified atom stereocenters. The zero-order chi connectivity index (χ0) is 21.3. The summed E-state index contributed by atoms with van der Waals surface area (Å²) in [5.41, 5.74) is 3.39. The second-order valence-electron chi connectivity index (χ2n) is 6.85. The molecular formula is C20H23N3O4S2. The normalized spacial score (nSPS) is 11.6. The van der Waals surface area contributed by atoms with E-state index in [0.717, 1.165) is 43.2 Å². The number of nitrogens with zero attached hydrogens (tertiary/aromatic N) is 2. The van der Waals surface area contributed by atoms with E-state index in [4.69, 9.17) is 0 Å². The number of anilines is 2. The van der Waals surface area contributed by atoms with E-state index in [1.807, 2.05) is 39.0 Å². The van der Waals surface area contributed by atoms with Crippen molar-refractivity contribution in [3.05, 3.63) is 57.2 Å². The number of sulfonamides is 1. The largest absolute Gasteiger partial charge is 0.324 e. The molecule has 0 fully saturated rings. The van der Waals surface area contributed by atoms with Crippen LogP contribution in [-0.2, 0) is 21.4 Å². The highest BCUT2D eigenvalue weighted by molar-refractivity contribution is 7.92. The number of carbonyl (C=O) groups excluding carboxylic acids is 1. The van der Waals surface area contributed by atoms with Gasteiger partial charge in [0.15, 0.2) is 0 Å². The maximum absolute atomic E-state index is 12.6. The number of thiazole rings is 1. The van der Waals surface area contributed by atoms with Gasteiger partial charge >= 0.3 is 4.87 Å². The fourth-order valence-electron chi connectivity index (χ4n) is 3.34. The molecule has 1 aromatic heterocycles. The summed E-state index contributed by atoms with van der Waals surface area (Å²) in [6.45, 7) is 5.76. The molecule has 29 heavy (non-hydrogen) atoms. The molecule has 0 aliphatic heterocycles. The first-order valence-electron chi connectivity index (χ1n) is 9.09. The van der Waals surface area contributed by atoms with E-state index in [0.29, 0.717) is 17.9 Å². The fourth-order valence-corrected chi connectivity index (χ4v) is 5.30. The van der Waals surface area contributed by atoms with Gasteiger partial charge in [0.2, 0.25) is 15.9 Å². The molecule has 3 aromatic rings. The van der Waals surface area contributed by atoms with Crippen molar-refractivity contribution in [3.63, 3.8) is 0 Å². The summed E-state index contributed by atoms with van der Waals surface area (Å²) in [5, 5.41) is 2.74. The van der Waals surface area contributed by atoms with Crippen molar-refractivity contribution in [2.24, 2.45) is 0 Å². The quantitative estimate of drug-likeness (QED) is 0.647. The molecule has 154 valence electrons. The zero-order valence-corrected chi connectivity index (χ0v) is 18.4. The number of hydrogen-bond donors (Lipinski definition) is 1. The Morgan fingerprint density at radius 1 is 1.17 bits per heavy atom. The summed E-state index contributed by atoms with van der Waals surface area (Å²) >= 11 is 1.11. The van der Waals surface area contributed by atoms with Gasteiger partial charge < -0.3 is 5.32 Å². The Labute approximate surface area is 173 Å². The Balaban J connectivity index is 1.88.